The van der Waals surface area contributed by atoms with Gasteiger partial charge < -0.3 is 9.80 Å². The van der Waals surface area contributed by atoms with Crippen LogP contribution in [-0.4, -0.2) is 53.0 Å². The standard InChI is InChI=1S/C17H24ClN3OS2/c18-15-5-3-6-16(19-15)20-9-11-21(12-10-20)17(22)7-2-1-4-14-8-13-23-24-14/h3,5-6,14H,1-2,4,7-13H2. The predicted octanol–water partition coefficient (Wildman–Crippen LogP) is 4.10. The van der Waals surface area contributed by atoms with Gasteiger partial charge in [-0.15, -0.1) is 0 Å². The fourth-order valence-corrected chi connectivity index (χ4v) is 6.32. The number of aromatic nitrogens is 1. The summed E-state index contributed by atoms with van der Waals surface area (Å²) >= 11 is 5.96. The molecule has 1 aromatic heterocycles. The van der Waals surface area contributed by atoms with Crippen LogP contribution in [0.3, 0.4) is 0 Å². The molecule has 132 valence electrons. The minimum Gasteiger partial charge on any atom is -0.353 e. The summed E-state index contributed by atoms with van der Waals surface area (Å²) in [5, 5.41) is 1.34. The van der Waals surface area contributed by atoms with Gasteiger partial charge in [0.05, 0.1) is 0 Å². The Hall–Kier alpha value is -0.590. The lowest BCUT2D eigenvalue weighted by Crippen LogP contribution is -2.49. The van der Waals surface area contributed by atoms with Crippen molar-refractivity contribution in [2.24, 2.45) is 0 Å². The molecule has 1 atom stereocenters. The van der Waals surface area contributed by atoms with Gasteiger partial charge in [-0.05, 0) is 31.4 Å². The van der Waals surface area contributed by atoms with Crippen molar-refractivity contribution in [3.8, 4) is 0 Å². The molecule has 2 fully saturated rings. The lowest BCUT2D eigenvalue weighted by atomic mass is 10.1. The van der Waals surface area contributed by atoms with Crippen LogP contribution in [-0.2, 0) is 4.79 Å². The summed E-state index contributed by atoms with van der Waals surface area (Å²) in [6.07, 6.45) is 5.49. The van der Waals surface area contributed by atoms with Crippen molar-refractivity contribution in [3.63, 3.8) is 0 Å². The first-order valence-corrected chi connectivity index (χ1v) is 11.4. The molecule has 3 rings (SSSR count). The number of halogens is 1. The average Bonchev–Trinajstić information content (AvgIpc) is 3.12. The highest BCUT2D eigenvalue weighted by molar-refractivity contribution is 8.77. The smallest absolute Gasteiger partial charge is 0.222 e. The molecule has 2 aliphatic rings. The molecule has 7 heteroatoms. The van der Waals surface area contributed by atoms with Crippen LogP contribution < -0.4 is 4.90 Å². The second kappa shape index (κ2) is 9.20. The van der Waals surface area contributed by atoms with Crippen molar-refractivity contribution in [1.29, 1.82) is 0 Å². The Morgan fingerprint density at radius 2 is 2.08 bits per heavy atom. The van der Waals surface area contributed by atoms with E-state index in [9.17, 15) is 4.79 Å². The highest BCUT2D eigenvalue weighted by Crippen LogP contribution is 2.39. The van der Waals surface area contributed by atoms with Crippen molar-refractivity contribution >= 4 is 44.9 Å². The Bertz CT molecular complexity index is 546. The SMILES string of the molecule is O=C(CCCCC1CCSS1)N1CCN(c2cccc(Cl)n2)CC1. The van der Waals surface area contributed by atoms with Crippen molar-refractivity contribution in [1.82, 2.24) is 9.88 Å². The van der Waals surface area contributed by atoms with Crippen LogP contribution in [0.4, 0.5) is 5.82 Å². The number of carbonyl (C=O) groups is 1. The van der Waals surface area contributed by atoms with E-state index in [1.54, 1.807) is 6.07 Å². The van der Waals surface area contributed by atoms with Gasteiger partial charge in [-0.3, -0.25) is 4.79 Å². The third kappa shape index (κ3) is 5.20. The molecule has 2 aliphatic heterocycles. The van der Waals surface area contributed by atoms with Gasteiger partial charge in [0.1, 0.15) is 11.0 Å². The number of hydrogen-bond acceptors (Lipinski definition) is 5. The maximum Gasteiger partial charge on any atom is 0.222 e. The molecule has 3 heterocycles. The number of hydrogen-bond donors (Lipinski definition) is 0. The molecule has 2 saturated heterocycles. The predicted molar refractivity (Wildman–Crippen MR) is 105 cm³/mol. The van der Waals surface area contributed by atoms with Crippen molar-refractivity contribution in [2.45, 2.75) is 37.4 Å². The molecule has 0 radical (unpaired) electrons. The number of nitrogens with zero attached hydrogens (tertiary/aromatic N) is 3. The maximum atomic E-state index is 12.4. The second-order valence-electron chi connectivity index (χ2n) is 6.26. The molecule has 4 nitrogen and oxygen atoms in total. The third-order valence-electron chi connectivity index (χ3n) is 4.55. The normalized spacial score (nSPS) is 21.3. The number of pyridine rings is 1. The molecule has 1 aromatic rings. The zero-order valence-electron chi connectivity index (χ0n) is 13.8. The van der Waals surface area contributed by atoms with E-state index in [1.165, 1.54) is 25.0 Å². The molecule has 0 N–H and O–H groups in total. The zero-order chi connectivity index (χ0) is 16.8. The van der Waals surface area contributed by atoms with E-state index < -0.39 is 0 Å². The van der Waals surface area contributed by atoms with Gasteiger partial charge in [0, 0.05) is 43.6 Å². The monoisotopic (exact) mass is 385 g/mol. The van der Waals surface area contributed by atoms with Gasteiger partial charge in [0.15, 0.2) is 0 Å². The largest absolute Gasteiger partial charge is 0.353 e. The van der Waals surface area contributed by atoms with Crippen molar-refractivity contribution in [2.75, 3.05) is 36.8 Å². The summed E-state index contributed by atoms with van der Waals surface area (Å²) in [6, 6.07) is 5.68. The summed E-state index contributed by atoms with van der Waals surface area (Å²) in [6.45, 7) is 3.22. The minimum atomic E-state index is 0.308. The van der Waals surface area contributed by atoms with E-state index >= 15 is 0 Å². The van der Waals surface area contributed by atoms with Gasteiger partial charge in [-0.25, -0.2) is 4.98 Å². The quantitative estimate of drug-likeness (QED) is 0.418. The van der Waals surface area contributed by atoms with E-state index in [4.69, 9.17) is 11.6 Å². The molecule has 1 unspecified atom stereocenters. The van der Waals surface area contributed by atoms with Crippen molar-refractivity contribution in [3.05, 3.63) is 23.4 Å². The fourth-order valence-electron chi connectivity index (χ4n) is 3.13. The Labute approximate surface area is 157 Å². The zero-order valence-corrected chi connectivity index (χ0v) is 16.2. The van der Waals surface area contributed by atoms with Crippen molar-refractivity contribution < 1.29 is 4.79 Å². The minimum absolute atomic E-state index is 0.308. The van der Waals surface area contributed by atoms with Crippen LogP contribution in [0.5, 0.6) is 0 Å². The third-order valence-corrected chi connectivity index (χ3v) is 7.77. The first kappa shape index (κ1) is 18.2. The molecule has 0 aromatic carbocycles. The molecule has 0 bridgehead atoms. The molecular formula is C17H24ClN3OS2. The number of piperazine rings is 1. The van der Waals surface area contributed by atoms with Crippen LogP contribution in [0.1, 0.15) is 32.1 Å². The first-order chi connectivity index (χ1) is 11.7. The van der Waals surface area contributed by atoms with E-state index in [0.29, 0.717) is 17.5 Å². The van der Waals surface area contributed by atoms with Crippen LogP contribution in [0.15, 0.2) is 18.2 Å². The van der Waals surface area contributed by atoms with E-state index in [-0.39, 0.29) is 0 Å². The van der Waals surface area contributed by atoms with Crippen LogP contribution in [0, 0.1) is 0 Å². The molecular weight excluding hydrogens is 362 g/mol. The first-order valence-electron chi connectivity index (χ1n) is 8.66. The second-order valence-corrected chi connectivity index (χ2v) is 9.44. The van der Waals surface area contributed by atoms with Crippen LogP contribution in [0.2, 0.25) is 5.15 Å². The summed E-state index contributed by atoms with van der Waals surface area (Å²) in [7, 11) is 4.02. The summed E-state index contributed by atoms with van der Waals surface area (Å²) < 4.78 is 0. The molecule has 24 heavy (non-hydrogen) atoms. The van der Waals surface area contributed by atoms with E-state index in [0.717, 1.165) is 43.7 Å². The van der Waals surface area contributed by atoms with Gasteiger partial charge >= 0.3 is 0 Å². The summed E-state index contributed by atoms with van der Waals surface area (Å²) in [4.78, 5) is 20.9. The van der Waals surface area contributed by atoms with Gasteiger partial charge in [-0.2, -0.15) is 0 Å². The Morgan fingerprint density at radius 1 is 1.25 bits per heavy atom. The van der Waals surface area contributed by atoms with E-state index in [2.05, 4.69) is 9.88 Å². The number of anilines is 1. The topological polar surface area (TPSA) is 36.4 Å². The maximum absolute atomic E-state index is 12.4. The molecule has 1 amide bonds. The van der Waals surface area contributed by atoms with Crippen LogP contribution in [0.25, 0.3) is 0 Å². The van der Waals surface area contributed by atoms with Gasteiger partial charge in [-0.1, -0.05) is 45.7 Å². The Kier molecular flexibility index (Phi) is 6.98. The Balaban J connectivity index is 1.35. The van der Waals surface area contributed by atoms with E-state index in [1.807, 2.05) is 38.6 Å². The fraction of sp³-hybridized carbons (Fsp3) is 0.647. The number of amides is 1. The average molecular weight is 386 g/mol. The number of carbonyl (C=O) groups excluding carboxylic acids is 1. The number of rotatable bonds is 6. The molecule has 0 saturated carbocycles. The lowest BCUT2D eigenvalue weighted by molar-refractivity contribution is -0.131. The summed E-state index contributed by atoms with van der Waals surface area (Å²) in [5.41, 5.74) is 0. The van der Waals surface area contributed by atoms with Gasteiger partial charge in [0.25, 0.3) is 0 Å². The lowest BCUT2D eigenvalue weighted by Gasteiger charge is -2.35. The summed E-state index contributed by atoms with van der Waals surface area (Å²) in [5.74, 6) is 2.50. The molecule has 0 spiro atoms. The molecule has 0 aliphatic carbocycles. The Morgan fingerprint density at radius 3 is 2.79 bits per heavy atom. The van der Waals surface area contributed by atoms with Gasteiger partial charge in [0.2, 0.25) is 5.91 Å². The van der Waals surface area contributed by atoms with Crippen LogP contribution >= 0.6 is 33.2 Å². The number of unbranched alkanes of at least 4 members (excludes halogenated alkanes) is 1. The highest BCUT2D eigenvalue weighted by Gasteiger charge is 2.22. The highest BCUT2D eigenvalue weighted by atomic mass is 35.5.